The lowest BCUT2D eigenvalue weighted by Crippen LogP contribution is -2.29. The molecule has 0 aromatic heterocycles. The van der Waals surface area contributed by atoms with E-state index in [1.807, 2.05) is 12.1 Å². The molecule has 3 rings (SSSR count). The maximum Gasteiger partial charge on any atom is 0.335 e. The Kier molecular flexibility index (Phi) is 5.62. The van der Waals surface area contributed by atoms with Gasteiger partial charge in [0.15, 0.2) is 11.5 Å². The molecule has 1 atom stereocenters. The number of aromatic carboxylic acids is 1. The van der Waals surface area contributed by atoms with Gasteiger partial charge >= 0.3 is 5.97 Å². The first-order valence-electron chi connectivity index (χ1n) is 8.84. The number of carboxylic acid groups (broad SMARTS) is 1. The second kappa shape index (κ2) is 7.81. The quantitative estimate of drug-likeness (QED) is 0.794. The monoisotopic (exact) mass is 405 g/mol. The van der Waals surface area contributed by atoms with Crippen LogP contribution in [0.5, 0.6) is 11.5 Å². The molecule has 28 heavy (non-hydrogen) atoms. The predicted octanol–water partition coefficient (Wildman–Crippen LogP) is 2.89. The third kappa shape index (κ3) is 3.57. The molecule has 150 valence electrons. The highest BCUT2D eigenvalue weighted by Crippen LogP contribution is 2.40. The number of benzene rings is 2. The summed E-state index contributed by atoms with van der Waals surface area (Å²) in [6, 6.07) is 9.73. The van der Waals surface area contributed by atoms with Crippen LogP contribution in [0.3, 0.4) is 0 Å². The van der Waals surface area contributed by atoms with Crippen molar-refractivity contribution in [1.29, 1.82) is 0 Å². The Bertz CT molecular complexity index is 1000. The van der Waals surface area contributed by atoms with Gasteiger partial charge in [-0.1, -0.05) is 18.2 Å². The van der Waals surface area contributed by atoms with Crippen LogP contribution in [0.1, 0.15) is 33.8 Å². The van der Waals surface area contributed by atoms with Gasteiger partial charge in [0.05, 0.1) is 24.7 Å². The average molecular weight is 405 g/mol. The van der Waals surface area contributed by atoms with Crippen LogP contribution in [0, 0.1) is 6.92 Å². The molecule has 1 heterocycles. The van der Waals surface area contributed by atoms with Crippen LogP contribution >= 0.6 is 0 Å². The number of sulfonamides is 1. The van der Waals surface area contributed by atoms with Crippen molar-refractivity contribution in [2.75, 3.05) is 27.3 Å². The largest absolute Gasteiger partial charge is 0.493 e. The molecule has 1 saturated heterocycles. The van der Waals surface area contributed by atoms with Crippen molar-refractivity contribution < 1.29 is 27.8 Å². The summed E-state index contributed by atoms with van der Waals surface area (Å²) >= 11 is 0. The number of aryl methyl sites for hydroxylation is 1. The topological polar surface area (TPSA) is 93.1 Å². The smallest absolute Gasteiger partial charge is 0.335 e. The number of para-hydroxylation sites is 1. The van der Waals surface area contributed by atoms with E-state index in [2.05, 4.69) is 0 Å². The summed E-state index contributed by atoms with van der Waals surface area (Å²) in [5, 5.41) is 9.19. The zero-order valence-corrected chi connectivity index (χ0v) is 16.8. The van der Waals surface area contributed by atoms with Gasteiger partial charge in [-0.15, -0.1) is 0 Å². The van der Waals surface area contributed by atoms with E-state index in [-0.39, 0.29) is 16.4 Å². The lowest BCUT2D eigenvalue weighted by atomic mass is 9.97. The summed E-state index contributed by atoms with van der Waals surface area (Å²) in [6.45, 7) is 2.31. The predicted molar refractivity (Wildman–Crippen MR) is 104 cm³/mol. The van der Waals surface area contributed by atoms with Crippen LogP contribution in [0.2, 0.25) is 0 Å². The lowest BCUT2D eigenvalue weighted by molar-refractivity contribution is 0.0696. The molecule has 0 spiro atoms. The third-order valence-corrected chi connectivity index (χ3v) is 7.08. The van der Waals surface area contributed by atoms with Gasteiger partial charge < -0.3 is 14.6 Å². The molecular weight excluding hydrogens is 382 g/mol. The molecule has 8 heteroatoms. The van der Waals surface area contributed by atoms with Gasteiger partial charge in [0.2, 0.25) is 10.0 Å². The minimum Gasteiger partial charge on any atom is -0.493 e. The first-order chi connectivity index (χ1) is 13.3. The van der Waals surface area contributed by atoms with Gasteiger partial charge in [0.25, 0.3) is 0 Å². The van der Waals surface area contributed by atoms with Crippen LogP contribution in [0.15, 0.2) is 41.3 Å². The summed E-state index contributed by atoms with van der Waals surface area (Å²) in [5.74, 6) is 0.0178. The second-order valence-electron chi connectivity index (χ2n) is 6.72. The van der Waals surface area contributed by atoms with Crippen LogP contribution in [0.4, 0.5) is 0 Å². The van der Waals surface area contributed by atoms with Crippen molar-refractivity contribution in [1.82, 2.24) is 4.31 Å². The fourth-order valence-corrected chi connectivity index (χ4v) is 5.33. The molecular formula is C20H23NO6S. The Morgan fingerprint density at radius 1 is 1.18 bits per heavy atom. The first-order valence-corrected chi connectivity index (χ1v) is 10.3. The molecule has 0 aliphatic carbocycles. The maximum atomic E-state index is 13.2. The Morgan fingerprint density at radius 2 is 1.93 bits per heavy atom. The Hall–Kier alpha value is -2.58. The van der Waals surface area contributed by atoms with Gasteiger partial charge in [-0.25, -0.2) is 13.2 Å². The highest BCUT2D eigenvalue weighted by Gasteiger charge is 2.35. The number of methoxy groups -OCH3 is 2. The Morgan fingerprint density at radius 3 is 2.57 bits per heavy atom. The zero-order valence-electron chi connectivity index (χ0n) is 16.0. The molecule has 1 aliphatic rings. The highest BCUT2D eigenvalue weighted by atomic mass is 32.2. The summed E-state index contributed by atoms with van der Waals surface area (Å²) in [6.07, 6.45) is 0.639. The van der Waals surface area contributed by atoms with Crippen molar-refractivity contribution in [2.24, 2.45) is 0 Å². The number of rotatable bonds is 6. The van der Waals surface area contributed by atoms with E-state index in [1.54, 1.807) is 27.2 Å². The number of hydrogen-bond acceptors (Lipinski definition) is 5. The van der Waals surface area contributed by atoms with Crippen molar-refractivity contribution in [3.63, 3.8) is 0 Å². The zero-order chi connectivity index (χ0) is 20.5. The molecule has 7 nitrogen and oxygen atoms in total. The molecule has 0 bridgehead atoms. The maximum absolute atomic E-state index is 13.2. The van der Waals surface area contributed by atoms with Crippen molar-refractivity contribution >= 4 is 16.0 Å². The van der Waals surface area contributed by atoms with Crippen molar-refractivity contribution in [3.05, 3.63) is 53.1 Å². The molecule has 0 radical (unpaired) electrons. The van der Waals surface area contributed by atoms with Gasteiger partial charge in [-0.05, 0) is 37.1 Å². The molecule has 1 unspecified atom stereocenters. The van der Waals surface area contributed by atoms with E-state index in [0.29, 0.717) is 36.6 Å². The van der Waals surface area contributed by atoms with Crippen LogP contribution in [-0.4, -0.2) is 51.1 Å². The summed E-state index contributed by atoms with van der Waals surface area (Å²) in [4.78, 5) is 11.3. The standard InChI is InChI=1S/C20H23NO6S/c1-13-7-8-14(20(22)23)11-18(13)28(24,25)21-10-9-15(12-21)16-5-4-6-17(26-2)19(16)27-3/h4-8,11,15H,9-10,12H2,1-3H3,(H,22,23). The van der Waals surface area contributed by atoms with E-state index in [1.165, 1.54) is 22.5 Å². The molecule has 2 aromatic rings. The lowest BCUT2D eigenvalue weighted by Gasteiger charge is -2.20. The number of carboxylic acids is 1. The minimum absolute atomic E-state index is 0.0330. The Labute approximate surface area is 164 Å². The minimum atomic E-state index is -3.80. The van der Waals surface area contributed by atoms with Crippen LogP contribution in [0.25, 0.3) is 0 Å². The second-order valence-corrected chi connectivity index (χ2v) is 8.62. The molecule has 2 aromatic carbocycles. The SMILES string of the molecule is COc1cccc(C2CCN(S(=O)(=O)c3cc(C(=O)O)ccc3C)C2)c1OC. The van der Waals surface area contributed by atoms with Gasteiger partial charge in [-0.2, -0.15) is 4.31 Å². The number of carbonyl (C=O) groups is 1. The molecule has 1 fully saturated rings. The van der Waals surface area contributed by atoms with Crippen LogP contribution in [-0.2, 0) is 10.0 Å². The average Bonchev–Trinajstić information content (AvgIpc) is 3.18. The summed E-state index contributed by atoms with van der Waals surface area (Å²) in [7, 11) is -0.682. The van der Waals surface area contributed by atoms with E-state index in [9.17, 15) is 18.3 Å². The number of nitrogens with zero attached hydrogens (tertiary/aromatic N) is 1. The fraction of sp³-hybridized carbons (Fsp3) is 0.350. The van der Waals surface area contributed by atoms with Gasteiger partial charge in [0, 0.05) is 24.6 Å². The first kappa shape index (κ1) is 20.2. The third-order valence-electron chi connectivity index (χ3n) is 5.08. The van der Waals surface area contributed by atoms with E-state index < -0.39 is 16.0 Å². The van der Waals surface area contributed by atoms with Crippen LogP contribution < -0.4 is 9.47 Å². The number of ether oxygens (including phenoxy) is 2. The fourth-order valence-electron chi connectivity index (χ4n) is 3.58. The summed E-state index contributed by atoms with van der Waals surface area (Å²) in [5.41, 5.74) is 1.37. The molecule has 1 N–H and O–H groups in total. The normalized spacial score (nSPS) is 17.5. The summed E-state index contributed by atoms with van der Waals surface area (Å²) < 4.78 is 38.6. The van der Waals surface area contributed by atoms with Gasteiger partial charge in [0.1, 0.15) is 0 Å². The molecule has 0 saturated carbocycles. The van der Waals surface area contributed by atoms with Gasteiger partial charge in [-0.3, -0.25) is 0 Å². The van der Waals surface area contributed by atoms with Crippen molar-refractivity contribution in [2.45, 2.75) is 24.2 Å². The number of hydrogen-bond donors (Lipinski definition) is 1. The highest BCUT2D eigenvalue weighted by molar-refractivity contribution is 7.89. The van der Waals surface area contributed by atoms with E-state index in [0.717, 1.165) is 5.56 Å². The molecule has 0 amide bonds. The Balaban J connectivity index is 1.92. The molecule has 1 aliphatic heterocycles. The van der Waals surface area contributed by atoms with E-state index in [4.69, 9.17) is 9.47 Å². The van der Waals surface area contributed by atoms with Crippen molar-refractivity contribution in [3.8, 4) is 11.5 Å². The van der Waals surface area contributed by atoms with E-state index >= 15 is 0 Å².